The van der Waals surface area contributed by atoms with E-state index in [1.165, 1.54) is 11.8 Å². The third kappa shape index (κ3) is 1.16. The molecular weight excluding hydrogens is 212 g/mol. The zero-order chi connectivity index (χ0) is 11.2. The SMILES string of the molecule is c1ccc2c(c1)nc1cc3ocncc3cc12. The summed E-state index contributed by atoms with van der Waals surface area (Å²) in [7, 11) is 0. The van der Waals surface area contributed by atoms with Crippen molar-refractivity contribution in [2.45, 2.75) is 0 Å². The lowest BCUT2D eigenvalue weighted by Gasteiger charge is -1.95. The number of hydrogen-bond acceptors (Lipinski definition) is 3. The summed E-state index contributed by atoms with van der Waals surface area (Å²) in [6.45, 7) is 0. The van der Waals surface area contributed by atoms with Crippen molar-refractivity contribution >= 4 is 32.8 Å². The number of rotatable bonds is 0. The van der Waals surface area contributed by atoms with Crippen LogP contribution >= 0.6 is 0 Å². The molecule has 0 fully saturated rings. The quantitative estimate of drug-likeness (QED) is 0.455. The van der Waals surface area contributed by atoms with Crippen LogP contribution in [0, 0.1) is 0 Å². The zero-order valence-corrected chi connectivity index (χ0v) is 8.92. The van der Waals surface area contributed by atoms with Gasteiger partial charge in [0.05, 0.1) is 11.0 Å². The van der Waals surface area contributed by atoms with Crippen molar-refractivity contribution in [3.05, 3.63) is 49.0 Å². The number of nitrogens with zero attached hydrogens (tertiary/aromatic N) is 2. The molecule has 0 amide bonds. The standard InChI is InChI=1S/C14H8N2O/c1-2-4-12-10(3-1)11-5-9-7-15-8-17-14(9)6-13(11)16-12/h1-8H. The van der Waals surface area contributed by atoms with Crippen LogP contribution in [-0.2, 0) is 0 Å². The number of fused-ring (bicyclic) bond motifs is 4. The van der Waals surface area contributed by atoms with E-state index in [0.29, 0.717) is 0 Å². The van der Waals surface area contributed by atoms with Crippen LogP contribution in [0.2, 0.25) is 0 Å². The van der Waals surface area contributed by atoms with Gasteiger partial charge in [0.15, 0.2) is 6.39 Å². The summed E-state index contributed by atoms with van der Waals surface area (Å²) in [6, 6.07) is 12.2. The molecule has 2 aromatic carbocycles. The Morgan fingerprint density at radius 3 is 2.88 bits per heavy atom. The molecule has 3 nitrogen and oxygen atoms in total. The van der Waals surface area contributed by atoms with Gasteiger partial charge in [0.2, 0.25) is 0 Å². The van der Waals surface area contributed by atoms with E-state index < -0.39 is 0 Å². The maximum atomic E-state index is 5.36. The van der Waals surface area contributed by atoms with Gasteiger partial charge in [-0.05, 0) is 12.1 Å². The first-order valence-electron chi connectivity index (χ1n) is 5.42. The number of para-hydroxylation sites is 1. The van der Waals surface area contributed by atoms with E-state index in [1.807, 2.05) is 24.3 Å². The topological polar surface area (TPSA) is 38.9 Å². The average molecular weight is 220 g/mol. The molecule has 0 spiro atoms. The lowest BCUT2D eigenvalue weighted by Crippen LogP contribution is -1.75. The van der Waals surface area contributed by atoms with Crippen molar-refractivity contribution in [3.63, 3.8) is 0 Å². The fourth-order valence-corrected chi connectivity index (χ4v) is 2.22. The summed E-state index contributed by atoms with van der Waals surface area (Å²) in [6.07, 6.45) is 3.25. The minimum Gasteiger partial charge on any atom is -0.445 e. The van der Waals surface area contributed by atoms with Gasteiger partial charge >= 0.3 is 0 Å². The van der Waals surface area contributed by atoms with Gasteiger partial charge in [0.1, 0.15) is 5.58 Å². The van der Waals surface area contributed by atoms with Gasteiger partial charge in [-0.15, -0.1) is 0 Å². The number of benzene rings is 2. The van der Waals surface area contributed by atoms with E-state index in [2.05, 4.69) is 22.1 Å². The van der Waals surface area contributed by atoms with Gasteiger partial charge < -0.3 is 4.42 Å². The molecule has 17 heavy (non-hydrogen) atoms. The molecule has 4 rings (SSSR count). The fraction of sp³-hybridized carbons (Fsp3) is 0. The minimum atomic E-state index is 0.815. The van der Waals surface area contributed by atoms with Gasteiger partial charge in [0.25, 0.3) is 0 Å². The first kappa shape index (κ1) is 8.70. The Bertz CT molecular complexity index is 842. The van der Waals surface area contributed by atoms with Gasteiger partial charge in [-0.1, -0.05) is 18.2 Å². The number of aromatic nitrogens is 2. The van der Waals surface area contributed by atoms with Crippen LogP contribution in [-0.4, -0.2) is 9.97 Å². The Labute approximate surface area is 96.7 Å². The Morgan fingerprint density at radius 2 is 1.88 bits per heavy atom. The van der Waals surface area contributed by atoms with E-state index in [0.717, 1.165) is 27.4 Å². The minimum absolute atomic E-state index is 0.815. The van der Waals surface area contributed by atoms with Crippen LogP contribution in [0.3, 0.4) is 0 Å². The predicted molar refractivity (Wildman–Crippen MR) is 66.8 cm³/mol. The normalized spacial score (nSPS) is 11.5. The van der Waals surface area contributed by atoms with Crippen LogP contribution in [0.4, 0.5) is 0 Å². The van der Waals surface area contributed by atoms with E-state index in [4.69, 9.17) is 4.42 Å². The smallest absolute Gasteiger partial charge is 0.181 e. The molecule has 0 radical (unpaired) electrons. The van der Waals surface area contributed by atoms with Crippen LogP contribution in [0.5, 0.6) is 0 Å². The molecule has 0 N–H and O–H groups in total. The third-order valence-electron chi connectivity index (χ3n) is 3.02. The predicted octanol–water partition coefficient (Wildman–Crippen LogP) is 3.53. The Morgan fingerprint density at radius 1 is 0.941 bits per heavy atom. The van der Waals surface area contributed by atoms with E-state index in [9.17, 15) is 0 Å². The summed E-state index contributed by atoms with van der Waals surface area (Å²) in [5.74, 6) is 0. The van der Waals surface area contributed by atoms with Crippen molar-refractivity contribution in [3.8, 4) is 0 Å². The molecule has 0 atom stereocenters. The largest absolute Gasteiger partial charge is 0.445 e. The lowest BCUT2D eigenvalue weighted by molar-refractivity contribution is 0.580. The molecule has 80 valence electrons. The highest BCUT2D eigenvalue weighted by atomic mass is 16.3. The molecule has 0 saturated heterocycles. The highest BCUT2D eigenvalue weighted by Gasteiger charge is 2.07. The van der Waals surface area contributed by atoms with E-state index in [1.54, 1.807) is 6.20 Å². The summed E-state index contributed by atoms with van der Waals surface area (Å²) < 4.78 is 5.36. The Hall–Kier alpha value is -2.42. The first-order chi connectivity index (χ1) is 8.42. The second-order valence-corrected chi connectivity index (χ2v) is 4.04. The molecule has 0 unspecified atom stereocenters. The summed E-state index contributed by atoms with van der Waals surface area (Å²) in [4.78, 5) is 8.58. The fourth-order valence-electron chi connectivity index (χ4n) is 2.22. The van der Waals surface area contributed by atoms with Gasteiger partial charge in [-0.3, -0.25) is 0 Å². The van der Waals surface area contributed by atoms with Crippen molar-refractivity contribution in [1.82, 2.24) is 9.97 Å². The molecule has 3 heteroatoms. The summed E-state index contributed by atoms with van der Waals surface area (Å²) >= 11 is 0. The molecule has 0 bridgehead atoms. The second kappa shape index (κ2) is 3.04. The molecule has 0 aliphatic carbocycles. The van der Waals surface area contributed by atoms with Crippen molar-refractivity contribution < 1.29 is 4.42 Å². The van der Waals surface area contributed by atoms with Gasteiger partial charge in [-0.25, -0.2) is 9.97 Å². The van der Waals surface area contributed by atoms with Crippen LogP contribution in [0.25, 0.3) is 32.8 Å². The van der Waals surface area contributed by atoms with Gasteiger partial charge in [-0.2, -0.15) is 0 Å². The molecule has 0 aliphatic rings. The van der Waals surface area contributed by atoms with Crippen LogP contribution in [0.15, 0.2) is 53.4 Å². The molecule has 0 aliphatic heterocycles. The molecule has 2 aromatic heterocycles. The highest BCUT2D eigenvalue weighted by Crippen LogP contribution is 2.28. The van der Waals surface area contributed by atoms with Crippen molar-refractivity contribution in [1.29, 1.82) is 0 Å². The van der Waals surface area contributed by atoms with Crippen molar-refractivity contribution in [2.24, 2.45) is 0 Å². The summed E-state index contributed by atoms with van der Waals surface area (Å²) in [5, 5.41) is 3.32. The highest BCUT2D eigenvalue weighted by molar-refractivity contribution is 6.10. The van der Waals surface area contributed by atoms with E-state index in [-0.39, 0.29) is 0 Å². The van der Waals surface area contributed by atoms with Gasteiger partial charge in [0, 0.05) is 28.4 Å². The zero-order valence-electron chi connectivity index (χ0n) is 8.92. The number of hydrogen-bond donors (Lipinski definition) is 0. The third-order valence-corrected chi connectivity index (χ3v) is 3.02. The van der Waals surface area contributed by atoms with Crippen LogP contribution < -0.4 is 0 Å². The summed E-state index contributed by atoms with van der Waals surface area (Å²) in [5.41, 5.74) is 2.80. The monoisotopic (exact) mass is 220 g/mol. The Kier molecular flexibility index (Phi) is 1.56. The molecule has 0 saturated carbocycles. The maximum absolute atomic E-state index is 5.36. The average Bonchev–Trinajstić information content (AvgIpc) is 2.73. The molecular formula is C14H8N2O. The van der Waals surface area contributed by atoms with Crippen molar-refractivity contribution in [2.75, 3.05) is 0 Å². The maximum Gasteiger partial charge on any atom is 0.181 e. The lowest BCUT2D eigenvalue weighted by atomic mass is 10.1. The molecule has 2 heterocycles. The Balaban J connectivity index is 2.28. The first-order valence-corrected chi connectivity index (χ1v) is 5.42. The second-order valence-electron chi connectivity index (χ2n) is 4.04. The van der Waals surface area contributed by atoms with E-state index >= 15 is 0 Å². The van der Waals surface area contributed by atoms with Crippen LogP contribution in [0.1, 0.15) is 0 Å². The molecule has 4 aromatic rings.